The zero-order valence-corrected chi connectivity index (χ0v) is 11.2. The van der Waals surface area contributed by atoms with Crippen LogP contribution in [0.2, 0.25) is 0 Å². The first-order chi connectivity index (χ1) is 8.13. The highest BCUT2D eigenvalue weighted by Crippen LogP contribution is 2.27. The third-order valence-electron chi connectivity index (χ3n) is 2.37. The second kappa shape index (κ2) is 4.87. The van der Waals surface area contributed by atoms with Gasteiger partial charge in [-0.15, -0.1) is 0 Å². The zero-order chi connectivity index (χ0) is 12.4. The van der Waals surface area contributed by atoms with Gasteiger partial charge in [0.1, 0.15) is 0 Å². The molecule has 0 spiro atoms. The van der Waals surface area contributed by atoms with E-state index in [1.165, 1.54) is 0 Å². The lowest BCUT2D eigenvalue weighted by Crippen LogP contribution is -2.07. The number of ether oxygens (including phenoxy) is 1. The summed E-state index contributed by atoms with van der Waals surface area (Å²) in [5.41, 5.74) is 1.04. The second-order valence-electron chi connectivity index (χ2n) is 3.56. The summed E-state index contributed by atoms with van der Waals surface area (Å²) in [7, 11) is 0. The molecule has 1 heterocycles. The van der Waals surface area contributed by atoms with E-state index in [9.17, 15) is 4.79 Å². The molecule has 1 aromatic carbocycles. The van der Waals surface area contributed by atoms with E-state index in [0.29, 0.717) is 17.5 Å². The molecule has 5 heteroatoms. The summed E-state index contributed by atoms with van der Waals surface area (Å²) in [5.74, 6) is 0. The van der Waals surface area contributed by atoms with Gasteiger partial charge in [0.2, 0.25) is 0 Å². The van der Waals surface area contributed by atoms with E-state index in [4.69, 9.17) is 9.15 Å². The van der Waals surface area contributed by atoms with Crippen molar-refractivity contribution in [1.82, 2.24) is 4.98 Å². The summed E-state index contributed by atoms with van der Waals surface area (Å²) in [6, 6.07) is 5.51. The first-order valence-electron chi connectivity index (χ1n) is 5.34. The van der Waals surface area contributed by atoms with Crippen LogP contribution in [-0.4, -0.2) is 11.6 Å². The van der Waals surface area contributed by atoms with Gasteiger partial charge in [-0.3, -0.25) is 0 Å². The molecule has 17 heavy (non-hydrogen) atoms. The van der Waals surface area contributed by atoms with E-state index in [-0.39, 0.29) is 10.9 Å². The highest BCUT2D eigenvalue weighted by molar-refractivity contribution is 9.09. The number of hydrogen-bond donors (Lipinski definition) is 0. The maximum absolute atomic E-state index is 11.9. The molecule has 0 saturated heterocycles. The minimum absolute atomic E-state index is 0.0179. The zero-order valence-electron chi connectivity index (χ0n) is 9.57. The summed E-state index contributed by atoms with van der Waals surface area (Å²) >= 11 is 3.45. The monoisotopic (exact) mass is 297 g/mol. The first kappa shape index (κ1) is 12.1. The van der Waals surface area contributed by atoms with Gasteiger partial charge in [0.05, 0.1) is 17.5 Å². The highest BCUT2D eigenvalue weighted by Gasteiger charge is 2.13. The fraction of sp³-hybridized carbons (Fsp3) is 0.333. The lowest BCUT2D eigenvalue weighted by Gasteiger charge is -2.07. The number of benzene rings is 1. The number of fused-ring (bicyclic) bond motifs is 1. The van der Waals surface area contributed by atoms with Crippen LogP contribution in [0.5, 0.6) is 6.08 Å². The van der Waals surface area contributed by atoms with Crippen LogP contribution < -0.4 is 10.4 Å². The van der Waals surface area contributed by atoms with Gasteiger partial charge in [0.25, 0.3) is 0 Å². The molecular formula is C12H12BrNO3. The SMILES string of the molecule is CCOc1nc2cccc(C(C)Br)c2c(=O)o1. The second-order valence-corrected chi connectivity index (χ2v) is 4.93. The van der Waals surface area contributed by atoms with Crippen molar-refractivity contribution < 1.29 is 9.15 Å². The van der Waals surface area contributed by atoms with Gasteiger partial charge in [-0.2, -0.15) is 4.98 Å². The number of aromatic nitrogens is 1. The van der Waals surface area contributed by atoms with E-state index < -0.39 is 5.63 Å². The van der Waals surface area contributed by atoms with Crippen LogP contribution in [-0.2, 0) is 0 Å². The Morgan fingerprint density at radius 3 is 2.94 bits per heavy atom. The van der Waals surface area contributed by atoms with Crippen molar-refractivity contribution in [1.29, 1.82) is 0 Å². The molecule has 0 N–H and O–H groups in total. The van der Waals surface area contributed by atoms with Gasteiger partial charge >= 0.3 is 11.7 Å². The third-order valence-corrected chi connectivity index (χ3v) is 2.86. The summed E-state index contributed by atoms with van der Waals surface area (Å²) in [5, 5.41) is 0.500. The van der Waals surface area contributed by atoms with E-state index in [1.807, 2.05) is 26.0 Å². The summed E-state index contributed by atoms with van der Waals surface area (Å²) in [4.78, 5) is 16.1. The molecule has 0 aliphatic heterocycles. The molecule has 0 bridgehead atoms. The predicted octanol–water partition coefficient (Wildman–Crippen LogP) is 3.04. The van der Waals surface area contributed by atoms with Crippen molar-refractivity contribution in [3.8, 4) is 6.08 Å². The molecule has 1 unspecified atom stereocenters. The van der Waals surface area contributed by atoms with E-state index in [2.05, 4.69) is 20.9 Å². The molecule has 0 aliphatic rings. The van der Waals surface area contributed by atoms with Crippen molar-refractivity contribution in [2.75, 3.05) is 6.61 Å². The minimum atomic E-state index is -0.416. The third kappa shape index (κ3) is 2.34. The maximum Gasteiger partial charge on any atom is 0.397 e. The van der Waals surface area contributed by atoms with Crippen LogP contribution >= 0.6 is 15.9 Å². The molecule has 4 nitrogen and oxygen atoms in total. The fourth-order valence-electron chi connectivity index (χ4n) is 1.64. The molecular weight excluding hydrogens is 286 g/mol. The highest BCUT2D eigenvalue weighted by atomic mass is 79.9. The van der Waals surface area contributed by atoms with Crippen LogP contribution in [0.3, 0.4) is 0 Å². The Kier molecular flexibility index (Phi) is 3.47. The Hall–Kier alpha value is -1.36. The molecule has 2 aromatic rings. The minimum Gasteiger partial charge on any atom is -0.450 e. The standard InChI is InChI=1S/C12H12BrNO3/c1-3-16-12-14-9-6-4-5-8(7(2)13)10(9)11(15)17-12/h4-7H,3H2,1-2H3. The van der Waals surface area contributed by atoms with E-state index in [0.717, 1.165) is 5.56 Å². The molecule has 0 amide bonds. The maximum atomic E-state index is 11.9. The molecule has 90 valence electrons. The van der Waals surface area contributed by atoms with Gasteiger partial charge in [-0.25, -0.2) is 4.79 Å². The lowest BCUT2D eigenvalue weighted by molar-refractivity contribution is 0.229. The summed E-state index contributed by atoms with van der Waals surface area (Å²) in [6.07, 6.45) is 0.0179. The lowest BCUT2D eigenvalue weighted by atomic mass is 10.1. The van der Waals surface area contributed by atoms with Gasteiger partial charge in [-0.05, 0) is 25.5 Å². The molecule has 0 fully saturated rings. The fourth-order valence-corrected chi connectivity index (χ4v) is 2.02. The normalized spacial score (nSPS) is 12.6. The van der Waals surface area contributed by atoms with Gasteiger partial charge in [-0.1, -0.05) is 28.1 Å². The van der Waals surface area contributed by atoms with Crippen LogP contribution in [0, 0.1) is 0 Å². The average molecular weight is 298 g/mol. The van der Waals surface area contributed by atoms with Crippen molar-refractivity contribution in [2.24, 2.45) is 0 Å². The molecule has 0 saturated carbocycles. The Balaban J connectivity index is 2.72. The smallest absolute Gasteiger partial charge is 0.397 e. The Labute approximate surface area is 107 Å². The van der Waals surface area contributed by atoms with E-state index >= 15 is 0 Å². The number of nitrogens with zero attached hydrogens (tertiary/aromatic N) is 1. The molecule has 0 aliphatic carbocycles. The first-order valence-corrected chi connectivity index (χ1v) is 6.25. The van der Waals surface area contributed by atoms with E-state index in [1.54, 1.807) is 6.07 Å². The van der Waals surface area contributed by atoms with Crippen molar-refractivity contribution in [3.05, 3.63) is 34.2 Å². The Bertz CT molecular complexity index is 592. The Morgan fingerprint density at radius 2 is 2.29 bits per heavy atom. The quantitative estimate of drug-likeness (QED) is 0.817. The van der Waals surface area contributed by atoms with Crippen LogP contribution in [0.15, 0.2) is 27.4 Å². The van der Waals surface area contributed by atoms with Gasteiger partial charge in [0.15, 0.2) is 0 Å². The van der Waals surface area contributed by atoms with Gasteiger partial charge < -0.3 is 9.15 Å². The van der Waals surface area contributed by atoms with Crippen LogP contribution in [0.4, 0.5) is 0 Å². The van der Waals surface area contributed by atoms with Crippen LogP contribution in [0.25, 0.3) is 10.9 Å². The predicted molar refractivity (Wildman–Crippen MR) is 68.8 cm³/mol. The molecule has 0 radical (unpaired) electrons. The molecule has 2 rings (SSSR count). The van der Waals surface area contributed by atoms with Gasteiger partial charge in [0, 0.05) is 4.83 Å². The number of halogens is 1. The summed E-state index contributed by atoms with van der Waals surface area (Å²) < 4.78 is 10.1. The largest absolute Gasteiger partial charge is 0.450 e. The number of hydrogen-bond acceptors (Lipinski definition) is 4. The van der Waals surface area contributed by atoms with Crippen molar-refractivity contribution in [2.45, 2.75) is 18.7 Å². The Morgan fingerprint density at radius 1 is 1.53 bits per heavy atom. The molecule has 1 atom stereocenters. The molecule has 1 aromatic heterocycles. The summed E-state index contributed by atoms with van der Waals surface area (Å²) in [6.45, 7) is 4.17. The van der Waals surface area contributed by atoms with Crippen molar-refractivity contribution in [3.63, 3.8) is 0 Å². The van der Waals surface area contributed by atoms with Crippen LogP contribution in [0.1, 0.15) is 24.2 Å². The average Bonchev–Trinajstić information content (AvgIpc) is 2.28. The van der Waals surface area contributed by atoms with Crippen molar-refractivity contribution >= 4 is 26.8 Å². The number of alkyl halides is 1. The number of rotatable bonds is 3. The topological polar surface area (TPSA) is 52.3 Å².